The maximum Gasteiger partial charge on any atom is 0.262 e. The first kappa shape index (κ1) is 26.1. The fourth-order valence-corrected chi connectivity index (χ4v) is 7.09. The fourth-order valence-electron chi connectivity index (χ4n) is 5.90. The van der Waals surface area contributed by atoms with Crippen molar-refractivity contribution >= 4 is 27.5 Å². The van der Waals surface area contributed by atoms with E-state index in [4.69, 9.17) is 0 Å². The molecule has 7 rings (SSSR count). The molecule has 3 heterocycles. The minimum absolute atomic E-state index is 0.0177. The third-order valence-corrected chi connectivity index (χ3v) is 9.19. The van der Waals surface area contributed by atoms with Crippen LogP contribution >= 0.6 is 11.3 Å². The van der Waals surface area contributed by atoms with Crippen LogP contribution in [0.1, 0.15) is 33.0 Å². The van der Waals surface area contributed by atoms with E-state index in [0.717, 1.165) is 37.5 Å². The van der Waals surface area contributed by atoms with Gasteiger partial charge in [0, 0.05) is 11.4 Å². The molecule has 2 aromatic heterocycles. The number of rotatable bonds is 6. The molecule has 0 bridgehead atoms. The van der Waals surface area contributed by atoms with Crippen molar-refractivity contribution in [2.45, 2.75) is 25.4 Å². The Labute approximate surface area is 248 Å². The molecule has 1 amide bonds. The molecular weight excluding hydrogens is 538 g/mol. The van der Waals surface area contributed by atoms with Crippen molar-refractivity contribution in [1.29, 1.82) is 0 Å². The molecule has 0 saturated heterocycles. The number of benzene rings is 4. The second kappa shape index (κ2) is 11.2. The van der Waals surface area contributed by atoms with Crippen LogP contribution in [0.3, 0.4) is 0 Å². The van der Waals surface area contributed by atoms with Gasteiger partial charge in [0.25, 0.3) is 5.56 Å². The van der Waals surface area contributed by atoms with Gasteiger partial charge in [0.15, 0.2) is 0 Å². The summed E-state index contributed by atoms with van der Waals surface area (Å²) in [6, 6.07) is 38.5. The van der Waals surface area contributed by atoms with Gasteiger partial charge in [0.1, 0.15) is 4.83 Å². The lowest BCUT2D eigenvalue weighted by Crippen LogP contribution is -2.39. The summed E-state index contributed by atoms with van der Waals surface area (Å²) in [5, 5.41) is 0.702. The SMILES string of the molecule is O=C(C(c1ccccc1)c1ccccc1)N1CCc2c(sc3ncn(Cc4ccc(-c5ccccc5)cc4)c(=O)c23)C1. The number of nitrogens with zero attached hydrogens (tertiary/aromatic N) is 3. The van der Waals surface area contributed by atoms with E-state index in [-0.39, 0.29) is 17.4 Å². The van der Waals surface area contributed by atoms with E-state index in [1.807, 2.05) is 83.8 Å². The Morgan fingerprint density at radius 3 is 2.02 bits per heavy atom. The Morgan fingerprint density at radius 2 is 1.38 bits per heavy atom. The minimum Gasteiger partial charge on any atom is -0.336 e. The zero-order valence-electron chi connectivity index (χ0n) is 23.0. The van der Waals surface area contributed by atoms with Crippen molar-refractivity contribution in [1.82, 2.24) is 14.5 Å². The van der Waals surface area contributed by atoms with Crippen molar-refractivity contribution in [2.75, 3.05) is 6.54 Å². The fraction of sp³-hybridized carbons (Fsp3) is 0.139. The van der Waals surface area contributed by atoms with Crippen LogP contribution in [-0.2, 0) is 24.3 Å². The summed E-state index contributed by atoms with van der Waals surface area (Å²) in [5.41, 5.74) is 6.35. The largest absolute Gasteiger partial charge is 0.336 e. The molecule has 4 aromatic carbocycles. The molecule has 206 valence electrons. The molecule has 6 aromatic rings. The van der Waals surface area contributed by atoms with Gasteiger partial charge >= 0.3 is 0 Å². The first-order valence-corrected chi connectivity index (χ1v) is 15.0. The van der Waals surface area contributed by atoms with Gasteiger partial charge in [-0.15, -0.1) is 11.3 Å². The first-order chi connectivity index (χ1) is 20.7. The van der Waals surface area contributed by atoms with E-state index in [2.05, 4.69) is 41.4 Å². The zero-order chi connectivity index (χ0) is 28.5. The number of thiophene rings is 1. The van der Waals surface area contributed by atoms with Gasteiger partial charge in [-0.3, -0.25) is 14.2 Å². The van der Waals surface area contributed by atoms with E-state index in [9.17, 15) is 9.59 Å². The number of carbonyl (C=O) groups is 1. The van der Waals surface area contributed by atoms with E-state index < -0.39 is 0 Å². The van der Waals surface area contributed by atoms with Gasteiger partial charge in [0.05, 0.1) is 30.7 Å². The molecular formula is C36H29N3O2S. The lowest BCUT2D eigenvalue weighted by atomic mass is 9.89. The zero-order valence-corrected chi connectivity index (χ0v) is 23.8. The molecule has 0 spiro atoms. The van der Waals surface area contributed by atoms with Crippen LogP contribution in [0.4, 0.5) is 0 Å². The van der Waals surface area contributed by atoms with Gasteiger partial charge in [-0.25, -0.2) is 4.98 Å². The van der Waals surface area contributed by atoms with E-state index in [1.165, 1.54) is 16.9 Å². The highest BCUT2D eigenvalue weighted by atomic mass is 32.1. The molecule has 0 saturated carbocycles. The van der Waals surface area contributed by atoms with Gasteiger partial charge in [0.2, 0.25) is 5.91 Å². The number of hydrogen-bond donors (Lipinski definition) is 0. The first-order valence-electron chi connectivity index (χ1n) is 14.2. The topological polar surface area (TPSA) is 55.2 Å². The van der Waals surface area contributed by atoms with Crippen molar-refractivity contribution < 1.29 is 4.79 Å². The van der Waals surface area contributed by atoms with Gasteiger partial charge < -0.3 is 4.90 Å². The molecule has 0 fully saturated rings. The molecule has 1 aliphatic rings. The summed E-state index contributed by atoms with van der Waals surface area (Å²) in [7, 11) is 0. The second-order valence-corrected chi connectivity index (χ2v) is 11.8. The minimum atomic E-state index is -0.369. The molecule has 5 nitrogen and oxygen atoms in total. The van der Waals surface area contributed by atoms with E-state index in [1.54, 1.807) is 10.9 Å². The van der Waals surface area contributed by atoms with Crippen LogP contribution in [0.5, 0.6) is 0 Å². The van der Waals surface area contributed by atoms with Crippen molar-refractivity contribution in [3.05, 3.63) is 159 Å². The predicted octanol–water partition coefficient (Wildman–Crippen LogP) is 6.89. The average molecular weight is 568 g/mol. The van der Waals surface area contributed by atoms with Crippen LogP contribution in [0.25, 0.3) is 21.3 Å². The van der Waals surface area contributed by atoms with Crippen LogP contribution in [-0.4, -0.2) is 26.9 Å². The summed E-state index contributed by atoms with van der Waals surface area (Å²) in [6.07, 6.45) is 2.30. The van der Waals surface area contributed by atoms with Crippen molar-refractivity contribution in [2.24, 2.45) is 0 Å². The summed E-state index contributed by atoms with van der Waals surface area (Å²) in [5.74, 6) is -0.285. The maximum absolute atomic E-state index is 14.0. The number of aromatic nitrogens is 2. The Kier molecular flexibility index (Phi) is 6.98. The molecule has 42 heavy (non-hydrogen) atoms. The van der Waals surface area contributed by atoms with Crippen LogP contribution in [0, 0.1) is 0 Å². The van der Waals surface area contributed by atoms with E-state index >= 15 is 0 Å². The number of hydrogen-bond acceptors (Lipinski definition) is 4. The van der Waals surface area contributed by atoms with E-state index in [0.29, 0.717) is 31.4 Å². The van der Waals surface area contributed by atoms with Gasteiger partial charge in [-0.05, 0) is 39.8 Å². The summed E-state index contributed by atoms with van der Waals surface area (Å²) < 4.78 is 1.70. The van der Waals surface area contributed by atoms with Crippen LogP contribution in [0.15, 0.2) is 126 Å². The monoisotopic (exact) mass is 567 g/mol. The molecule has 0 unspecified atom stereocenters. The smallest absolute Gasteiger partial charge is 0.262 e. The van der Waals surface area contributed by atoms with Gasteiger partial charge in [-0.2, -0.15) is 0 Å². The lowest BCUT2D eigenvalue weighted by Gasteiger charge is -2.31. The summed E-state index contributed by atoms with van der Waals surface area (Å²) >= 11 is 1.53. The molecule has 0 radical (unpaired) electrons. The Bertz CT molecular complexity index is 1870. The quantitative estimate of drug-likeness (QED) is 0.220. The highest BCUT2D eigenvalue weighted by molar-refractivity contribution is 7.18. The third-order valence-electron chi connectivity index (χ3n) is 8.07. The molecule has 0 N–H and O–H groups in total. The van der Waals surface area contributed by atoms with Crippen LogP contribution < -0.4 is 5.56 Å². The average Bonchev–Trinajstić information content (AvgIpc) is 3.43. The van der Waals surface area contributed by atoms with Crippen LogP contribution in [0.2, 0.25) is 0 Å². The molecule has 1 aliphatic heterocycles. The number of carbonyl (C=O) groups excluding carboxylic acids is 1. The highest BCUT2D eigenvalue weighted by Crippen LogP contribution is 2.35. The molecule has 6 heteroatoms. The summed E-state index contributed by atoms with van der Waals surface area (Å²) in [4.78, 5) is 36.1. The third kappa shape index (κ3) is 4.95. The van der Waals surface area contributed by atoms with Gasteiger partial charge in [-0.1, -0.05) is 115 Å². The molecule has 0 atom stereocenters. The summed E-state index contributed by atoms with van der Waals surface area (Å²) in [6.45, 7) is 1.52. The molecule has 0 aliphatic carbocycles. The normalized spacial score (nSPS) is 12.9. The maximum atomic E-state index is 14.0. The Balaban J connectivity index is 1.15. The lowest BCUT2D eigenvalue weighted by molar-refractivity contribution is -0.132. The van der Waals surface area contributed by atoms with Crippen molar-refractivity contribution in [3.63, 3.8) is 0 Å². The standard InChI is InChI=1S/C36H29N3O2S/c40-35(32(28-12-6-2-7-13-28)29-14-8-3-9-15-29)38-21-20-30-31(23-38)42-34-33(30)36(41)39(24-37-34)22-25-16-18-27(19-17-25)26-10-4-1-5-11-26/h1-19,24,32H,20-23H2. The highest BCUT2D eigenvalue weighted by Gasteiger charge is 2.32. The second-order valence-electron chi connectivity index (χ2n) is 10.7. The Hall–Kier alpha value is -4.81. The van der Waals surface area contributed by atoms with Crippen molar-refractivity contribution in [3.8, 4) is 11.1 Å². The number of fused-ring (bicyclic) bond motifs is 3. The predicted molar refractivity (Wildman–Crippen MR) is 169 cm³/mol. The number of amides is 1. The Morgan fingerprint density at radius 1 is 0.786 bits per heavy atom.